The Labute approximate surface area is 156 Å². The summed E-state index contributed by atoms with van der Waals surface area (Å²) in [5.41, 5.74) is 0.0137. The molecule has 1 aromatic carbocycles. The number of cyclic esters (lactones) is 1. The largest absolute Gasteiger partial charge is 0.511 e. The minimum Gasteiger partial charge on any atom is -0.511 e. The van der Waals surface area contributed by atoms with Gasteiger partial charge in [-0.2, -0.15) is 0 Å². The molecule has 0 fully saturated rings. The molecule has 1 aliphatic heterocycles. The van der Waals surface area contributed by atoms with E-state index in [2.05, 4.69) is 4.98 Å². The molecule has 1 N–H and O–H groups in total. The third kappa shape index (κ3) is 2.85. The topological polar surface area (TPSA) is 59.4 Å². The van der Waals surface area contributed by atoms with Crippen molar-refractivity contribution < 1.29 is 14.6 Å². The Hall–Kier alpha value is -1.85. The highest BCUT2D eigenvalue weighted by Crippen LogP contribution is 2.47. The summed E-state index contributed by atoms with van der Waals surface area (Å²) >= 11 is 7.40. The molecule has 0 amide bonds. The average Bonchev–Trinajstić information content (AvgIpc) is 2.88. The number of hydrogen-bond donors (Lipinski definition) is 1. The molecule has 0 unspecified atom stereocenters. The van der Waals surface area contributed by atoms with Crippen LogP contribution < -0.4 is 0 Å². The molecule has 1 aliphatic rings. The maximum absolute atomic E-state index is 12.6. The predicted molar refractivity (Wildman–Crippen MR) is 101 cm³/mol. The number of rotatable bonds is 2. The smallest absolute Gasteiger partial charge is 0.344 e. The van der Waals surface area contributed by atoms with Crippen LogP contribution in [0.2, 0.25) is 5.02 Å². The van der Waals surface area contributed by atoms with Crippen LogP contribution in [0.1, 0.15) is 38.3 Å². The maximum atomic E-state index is 12.6. The average molecular weight is 378 g/mol. The van der Waals surface area contributed by atoms with Crippen LogP contribution >= 0.6 is 22.9 Å². The van der Waals surface area contributed by atoms with Crippen LogP contribution in [-0.2, 0) is 9.53 Å². The Kier molecular flexibility index (Phi) is 4.20. The van der Waals surface area contributed by atoms with E-state index in [1.54, 1.807) is 26.0 Å². The van der Waals surface area contributed by atoms with Crippen molar-refractivity contribution in [2.45, 2.75) is 40.2 Å². The van der Waals surface area contributed by atoms with E-state index in [4.69, 9.17) is 16.3 Å². The van der Waals surface area contributed by atoms with Gasteiger partial charge in [0.1, 0.15) is 21.9 Å². The number of hydrogen-bond acceptors (Lipinski definition) is 5. The number of aryl methyl sites for hydroxylation is 1. The van der Waals surface area contributed by atoms with Gasteiger partial charge in [-0.05, 0) is 46.8 Å². The molecule has 0 spiro atoms. The molecule has 132 valence electrons. The van der Waals surface area contributed by atoms with E-state index in [0.717, 1.165) is 15.4 Å². The van der Waals surface area contributed by atoms with Crippen molar-refractivity contribution in [1.29, 1.82) is 0 Å². The van der Waals surface area contributed by atoms with Crippen molar-refractivity contribution in [2.24, 2.45) is 5.41 Å². The van der Waals surface area contributed by atoms with E-state index in [0.29, 0.717) is 10.7 Å². The highest BCUT2D eigenvalue weighted by molar-refractivity contribution is 7.15. The van der Waals surface area contributed by atoms with Gasteiger partial charge in [-0.25, -0.2) is 9.78 Å². The molecule has 3 rings (SSSR count). The summed E-state index contributed by atoms with van der Waals surface area (Å²) in [6, 6.07) is 7.35. The fourth-order valence-electron chi connectivity index (χ4n) is 2.66. The van der Waals surface area contributed by atoms with Crippen LogP contribution in [0.15, 0.2) is 30.0 Å². The monoisotopic (exact) mass is 377 g/mol. The summed E-state index contributed by atoms with van der Waals surface area (Å²) in [4.78, 5) is 18.0. The SMILES string of the molecule is Cc1sc(-c2ccc(Cl)cc2)nc1C1=C(O)C(C)(C)C(C)(C)OC1=O. The van der Waals surface area contributed by atoms with E-state index >= 15 is 0 Å². The van der Waals surface area contributed by atoms with Crippen LogP contribution in [-0.4, -0.2) is 21.7 Å². The predicted octanol–water partition coefficient (Wildman–Crippen LogP) is 5.40. The minimum atomic E-state index is -0.805. The number of aliphatic hydroxyl groups is 1. The lowest BCUT2D eigenvalue weighted by Crippen LogP contribution is -2.48. The van der Waals surface area contributed by atoms with Gasteiger partial charge in [-0.1, -0.05) is 23.7 Å². The molecular formula is C19H20ClNO3S. The number of aromatic nitrogens is 1. The first-order valence-corrected chi connectivity index (χ1v) is 9.15. The second kappa shape index (κ2) is 5.85. The van der Waals surface area contributed by atoms with E-state index < -0.39 is 17.0 Å². The van der Waals surface area contributed by atoms with Crippen molar-refractivity contribution >= 4 is 34.5 Å². The van der Waals surface area contributed by atoms with Crippen LogP contribution in [0.4, 0.5) is 0 Å². The number of halogens is 1. The summed E-state index contributed by atoms with van der Waals surface area (Å²) in [7, 11) is 0. The quantitative estimate of drug-likeness (QED) is 0.711. The number of carbonyl (C=O) groups is 1. The second-order valence-electron chi connectivity index (χ2n) is 7.18. The van der Waals surface area contributed by atoms with Gasteiger partial charge in [-0.15, -0.1) is 11.3 Å². The molecule has 6 heteroatoms. The number of ether oxygens (including phenoxy) is 1. The first-order valence-electron chi connectivity index (χ1n) is 7.95. The molecule has 4 nitrogen and oxygen atoms in total. The van der Waals surface area contributed by atoms with Gasteiger partial charge in [0.25, 0.3) is 0 Å². The minimum absolute atomic E-state index is 0.0183. The molecule has 0 radical (unpaired) electrons. The lowest BCUT2D eigenvalue weighted by atomic mass is 9.72. The van der Waals surface area contributed by atoms with E-state index in [1.165, 1.54) is 11.3 Å². The van der Waals surface area contributed by atoms with Gasteiger partial charge in [0.15, 0.2) is 0 Å². The number of esters is 1. The first kappa shape index (κ1) is 18.0. The molecule has 0 aliphatic carbocycles. The van der Waals surface area contributed by atoms with Crippen molar-refractivity contribution in [3.8, 4) is 10.6 Å². The number of carbonyl (C=O) groups excluding carboxylic acids is 1. The highest BCUT2D eigenvalue weighted by Gasteiger charge is 2.51. The van der Waals surface area contributed by atoms with Gasteiger partial charge in [0.2, 0.25) is 0 Å². The van der Waals surface area contributed by atoms with E-state index in [-0.39, 0.29) is 11.3 Å². The Morgan fingerprint density at radius 2 is 1.76 bits per heavy atom. The summed E-state index contributed by atoms with van der Waals surface area (Å²) in [5, 5.41) is 12.2. The standard InChI is InChI=1S/C19H20ClNO3S/c1-10-14(21-16(25-10)11-6-8-12(20)9-7-11)13-15(22)18(2,3)19(4,5)24-17(13)23/h6-9,22H,1-5H3. The number of thiazole rings is 1. The van der Waals surface area contributed by atoms with Crippen LogP contribution in [0.3, 0.4) is 0 Å². The lowest BCUT2D eigenvalue weighted by Gasteiger charge is -2.44. The summed E-state index contributed by atoms with van der Waals surface area (Å²) < 4.78 is 5.60. The summed E-state index contributed by atoms with van der Waals surface area (Å²) in [6.45, 7) is 9.19. The second-order valence-corrected chi connectivity index (χ2v) is 8.82. The van der Waals surface area contributed by atoms with E-state index in [1.807, 2.05) is 32.9 Å². The van der Waals surface area contributed by atoms with Crippen LogP contribution in [0, 0.1) is 12.3 Å². The molecule has 0 bridgehead atoms. The van der Waals surface area contributed by atoms with Crippen molar-refractivity contribution in [2.75, 3.05) is 0 Å². The lowest BCUT2D eigenvalue weighted by molar-refractivity contribution is -0.164. The van der Waals surface area contributed by atoms with Crippen LogP contribution in [0.25, 0.3) is 16.1 Å². The fourth-order valence-corrected chi connectivity index (χ4v) is 3.71. The van der Waals surface area contributed by atoms with Gasteiger partial charge in [0.05, 0.1) is 11.1 Å². The molecule has 25 heavy (non-hydrogen) atoms. The van der Waals surface area contributed by atoms with Gasteiger partial charge < -0.3 is 9.84 Å². The maximum Gasteiger partial charge on any atom is 0.344 e. The number of nitrogens with zero attached hydrogens (tertiary/aromatic N) is 1. The Balaban J connectivity index is 2.13. The molecule has 1 aromatic heterocycles. The normalized spacial score (nSPS) is 19.0. The number of benzene rings is 1. The summed E-state index contributed by atoms with van der Waals surface area (Å²) in [5.74, 6) is -0.525. The third-order valence-electron chi connectivity index (χ3n) is 5.01. The van der Waals surface area contributed by atoms with Gasteiger partial charge in [0, 0.05) is 15.5 Å². The van der Waals surface area contributed by atoms with E-state index in [9.17, 15) is 9.90 Å². The third-order valence-corrected chi connectivity index (χ3v) is 6.28. The Morgan fingerprint density at radius 1 is 1.16 bits per heavy atom. The van der Waals surface area contributed by atoms with Gasteiger partial charge >= 0.3 is 5.97 Å². The zero-order valence-electron chi connectivity index (χ0n) is 14.8. The van der Waals surface area contributed by atoms with Crippen molar-refractivity contribution in [3.63, 3.8) is 0 Å². The molecule has 2 aromatic rings. The van der Waals surface area contributed by atoms with Crippen molar-refractivity contribution in [3.05, 3.63) is 45.6 Å². The highest BCUT2D eigenvalue weighted by atomic mass is 35.5. The molecule has 0 saturated heterocycles. The number of aliphatic hydroxyl groups excluding tert-OH is 1. The Morgan fingerprint density at radius 3 is 2.36 bits per heavy atom. The molecule has 0 saturated carbocycles. The van der Waals surface area contributed by atoms with Crippen molar-refractivity contribution in [1.82, 2.24) is 4.98 Å². The Bertz CT molecular complexity index is 879. The molecular weight excluding hydrogens is 358 g/mol. The van der Waals surface area contributed by atoms with Gasteiger partial charge in [-0.3, -0.25) is 0 Å². The molecule has 2 heterocycles. The van der Waals surface area contributed by atoms with Crippen LogP contribution in [0.5, 0.6) is 0 Å². The first-order chi connectivity index (χ1) is 11.5. The fraction of sp³-hybridized carbons (Fsp3) is 0.368. The summed E-state index contributed by atoms with van der Waals surface area (Å²) in [6.07, 6.45) is 0. The zero-order chi connectivity index (χ0) is 18.6. The molecule has 0 atom stereocenters. The zero-order valence-corrected chi connectivity index (χ0v) is 16.4.